The molecule has 0 spiro atoms. The third-order valence-corrected chi connectivity index (χ3v) is 1.59. The summed E-state index contributed by atoms with van der Waals surface area (Å²) < 4.78 is 12.5. The van der Waals surface area contributed by atoms with Crippen molar-refractivity contribution in [2.45, 2.75) is 6.04 Å². The van der Waals surface area contributed by atoms with Gasteiger partial charge >= 0.3 is 0 Å². The molecule has 0 saturated carbocycles. The van der Waals surface area contributed by atoms with Crippen molar-refractivity contribution in [3.63, 3.8) is 0 Å². The van der Waals surface area contributed by atoms with Gasteiger partial charge in [0.15, 0.2) is 0 Å². The van der Waals surface area contributed by atoms with E-state index < -0.39 is 11.9 Å². The minimum absolute atomic E-state index is 0.225. The Morgan fingerprint density at radius 1 is 1.50 bits per heavy atom. The van der Waals surface area contributed by atoms with Gasteiger partial charge in [-0.25, -0.2) is 4.39 Å². The zero-order valence-electron chi connectivity index (χ0n) is 6.37. The van der Waals surface area contributed by atoms with E-state index in [1.165, 1.54) is 12.1 Å². The second-order valence-corrected chi connectivity index (χ2v) is 2.49. The van der Waals surface area contributed by atoms with Gasteiger partial charge in [0.2, 0.25) is 0 Å². The van der Waals surface area contributed by atoms with E-state index in [2.05, 4.69) is 0 Å². The van der Waals surface area contributed by atoms with Crippen LogP contribution >= 0.6 is 0 Å². The predicted molar refractivity (Wildman–Crippen MR) is 42.1 cm³/mol. The molecule has 1 atom stereocenters. The van der Waals surface area contributed by atoms with Crippen molar-refractivity contribution in [3.8, 4) is 5.75 Å². The van der Waals surface area contributed by atoms with Crippen LogP contribution in [0.1, 0.15) is 11.6 Å². The third kappa shape index (κ3) is 1.72. The lowest BCUT2D eigenvalue weighted by atomic mass is 10.1. The number of rotatable bonds is 2. The fourth-order valence-electron chi connectivity index (χ4n) is 0.929. The van der Waals surface area contributed by atoms with Gasteiger partial charge in [-0.1, -0.05) is 6.07 Å². The van der Waals surface area contributed by atoms with Crippen LogP contribution in [0, 0.1) is 5.82 Å². The maximum Gasteiger partial charge on any atom is 0.126 e. The van der Waals surface area contributed by atoms with Crippen molar-refractivity contribution >= 4 is 0 Å². The molecular formula is C8H10FNO2. The molecule has 4 heteroatoms. The molecule has 0 aliphatic heterocycles. The first-order valence-electron chi connectivity index (χ1n) is 3.50. The minimum atomic E-state index is -0.661. The van der Waals surface area contributed by atoms with Crippen LogP contribution in [0.5, 0.6) is 5.75 Å². The Bertz CT molecular complexity index is 278. The molecular weight excluding hydrogens is 161 g/mol. The van der Waals surface area contributed by atoms with E-state index in [1.807, 2.05) is 0 Å². The first-order valence-corrected chi connectivity index (χ1v) is 3.50. The van der Waals surface area contributed by atoms with Crippen LogP contribution in [0.25, 0.3) is 0 Å². The maximum atomic E-state index is 12.5. The number of nitrogens with two attached hydrogens (primary N) is 1. The van der Waals surface area contributed by atoms with E-state index in [4.69, 9.17) is 15.9 Å². The second-order valence-electron chi connectivity index (χ2n) is 2.49. The van der Waals surface area contributed by atoms with Crippen molar-refractivity contribution in [3.05, 3.63) is 29.6 Å². The summed E-state index contributed by atoms with van der Waals surface area (Å²) >= 11 is 0. The van der Waals surface area contributed by atoms with E-state index >= 15 is 0 Å². The molecule has 1 aromatic carbocycles. The molecule has 0 amide bonds. The fraction of sp³-hybridized carbons (Fsp3) is 0.250. The van der Waals surface area contributed by atoms with Crippen molar-refractivity contribution in [1.29, 1.82) is 0 Å². The number of hydrogen-bond acceptors (Lipinski definition) is 3. The van der Waals surface area contributed by atoms with Crippen molar-refractivity contribution in [2.75, 3.05) is 6.61 Å². The second kappa shape index (κ2) is 3.51. The highest BCUT2D eigenvalue weighted by Crippen LogP contribution is 2.22. The summed E-state index contributed by atoms with van der Waals surface area (Å²) in [7, 11) is 0. The Morgan fingerprint density at radius 3 is 2.67 bits per heavy atom. The van der Waals surface area contributed by atoms with Crippen LogP contribution in [0.2, 0.25) is 0 Å². The topological polar surface area (TPSA) is 66.5 Å². The number of benzene rings is 1. The molecule has 1 rings (SSSR count). The average Bonchev–Trinajstić information content (AvgIpc) is 2.03. The third-order valence-electron chi connectivity index (χ3n) is 1.59. The summed E-state index contributed by atoms with van der Waals surface area (Å²) in [5.41, 5.74) is 5.76. The molecule has 3 nitrogen and oxygen atoms in total. The highest BCUT2D eigenvalue weighted by molar-refractivity contribution is 5.34. The number of hydrogen-bond donors (Lipinski definition) is 3. The largest absolute Gasteiger partial charge is 0.508 e. The van der Waals surface area contributed by atoms with E-state index in [-0.39, 0.29) is 12.4 Å². The van der Waals surface area contributed by atoms with Crippen molar-refractivity contribution in [1.82, 2.24) is 0 Å². The molecule has 0 saturated heterocycles. The zero-order chi connectivity index (χ0) is 9.14. The molecule has 0 aliphatic rings. The van der Waals surface area contributed by atoms with Gasteiger partial charge in [0.1, 0.15) is 11.6 Å². The molecule has 0 heterocycles. The van der Waals surface area contributed by atoms with E-state index in [1.54, 1.807) is 0 Å². The Morgan fingerprint density at radius 2 is 2.17 bits per heavy atom. The Balaban J connectivity index is 3.01. The van der Waals surface area contributed by atoms with Crippen LogP contribution in [0.3, 0.4) is 0 Å². The van der Waals surface area contributed by atoms with Gasteiger partial charge in [-0.2, -0.15) is 0 Å². The first-order chi connectivity index (χ1) is 5.65. The molecule has 0 radical (unpaired) electrons. The zero-order valence-corrected chi connectivity index (χ0v) is 6.37. The van der Waals surface area contributed by atoms with Gasteiger partial charge < -0.3 is 15.9 Å². The number of halogens is 1. The van der Waals surface area contributed by atoms with Crippen molar-refractivity contribution in [2.24, 2.45) is 5.73 Å². The standard InChI is InChI=1S/C8H10FNO2/c9-5-1-2-6(7(10)4-11)8(12)3-5/h1-3,7,11-12H,4,10H2/t7-/m0/s1. The minimum Gasteiger partial charge on any atom is -0.508 e. The van der Waals surface area contributed by atoms with Crippen molar-refractivity contribution < 1.29 is 14.6 Å². The van der Waals surface area contributed by atoms with Gasteiger partial charge in [0.05, 0.1) is 12.6 Å². The van der Waals surface area contributed by atoms with Crippen LogP contribution < -0.4 is 5.73 Å². The van der Waals surface area contributed by atoms with E-state index in [0.29, 0.717) is 5.56 Å². The summed E-state index contributed by atoms with van der Waals surface area (Å²) in [4.78, 5) is 0. The number of phenols is 1. The first kappa shape index (κ1) is 8.96. The van der Waals surface area contributed by atoms with Crippen LogP contribution in [0.15, 0.2) is 18.2 Å². The monoisotopic (exact) mass is 171 g/mol. The molecule has 66 valence electrons. The molecule has 0 aliphatic carbocycles. The summed E-state index contributed by atoms with van der Waals surface area (Å²) in [6.45, 7) is -0.279. The molecule has 1 aromatic rings. The highest BCUT2D eigenvalue weighted by Gasteiger charge is 2.09. The lowest BCUT2D eigenvalue weighted by Crippen LogP contribution is -2.14. The lowest BCUT2D eigenvalue weighted by Gasteiger charge is -2.09. The quantitative estimate of drug-likeness (QED) is 0.607. The number of aromatic hydroxyl groups is 1. The van der Waals surface area contributed by atoms with Gasteiger partial charge in [0, 0.05) is 11.6 Å². The smallest absolute Gasteiger partial charge is 0.126 e. The number of aliphatic hydroxyl groups excluding tert-OH is 1. The maximum absolute atomic E-state index is 12.5. The van der Waals surface area contributed by atoms with Gasteiger partial charge in [-0.15, -0.1) is 0 Å². The number of aliphatic hydroxyl groups is 1. The highest BCUT2D eigenvalue weighted by atomic mass is 19.1. The lowest BCUT2D eigenvalue weighted by molar-refractivity contribution is 0.265. The molecule has 0 fully saturated rings. The normalized spacial score (nSPS) is 12.9. The van der Waals surface area contributed by atoms with E-state index in [0.717, 1.165) is 6.07 Å². The SMILES string of the molecule is N[C@@H](CO)c1ccc(F)cc1O. The Hall–Kier alpha value is -1.13. The predicted octanol–water partition coefficient (Wildman–Crippen LogP) is 0.523. The summed E-state index contributed by atoms with van der Waals surface area (Å²) in [5, 5.41) is 17.8. The van der Waals surface area contributed by atoms with Gasteiger partial charge in [-0.05, 0) is 6.07 Å². The van der Waals surface area contributed by atoms with Gasteiger partial charge in [-0.3, -0.25) is 0 Å². The van der Waals surface area contributed by atoms with Crippen LogP contribution in [-0.2, 0) is 0 Å². The molecule has 0 bridgehead atoms. The molecule has 0 unspecified atom stereocenters. The number of phenolic OH excluding ortho intramolecular Hbond substituents is 1. The van der Waals surface area contributed by atoms with Crippen LogP contribution in [0.4, 0.5) is 4.39 Å². The van der Waals surface area contributed by atoms with E-state index in [9.17, 15) is 4.39 Å². The summed E-state index contributed by atoms with van der Waals surface area (Å²) in [6, 6.07) is 2.84. The molecule has 4 N–H and O–H groups in total. The fourth-order valence-corrected chi connectivity index (χ4v) is 0.929. The summed E-state index contributed by atoms with van der Waals surface area (Å²) in [6.07, 6.45) is 0. The molecule has 12 heavy (non-hydrogen) atoms. The Kier molecular flexibility index (Phi) is 2.62. The Labute approximate surface area is 69.3 Å². The average molecular weight is 171 g/mol. The van der Waals surface area contributed by atoms with Crippen LogP contribution in [-0.4, -0.2) is 16.8 Å². The summed E-state index contributed by atoms with van der Waals surface area (Å²) in [5.74, 6) is -0.752. The van der Waals surface area contributed by atoms with Gasteiger partial charge in [0.25, 0.3) is 0 Å². The molecule has 0 aromatic heterocycles.